The van der Waals surface area contributed by atoms with Gasteiger partial charge in [-0.15, -0.1) is 0 Å². The van der Waals surface area contributed by atoms with Crippen LogP contribution in [0.25, 0.3) is 0 Å². The lowest BCUT2D eigenvalue weighted by Gasteiger charge is -2.17. The molecule has 5 N–H and O–H groups in total. The van der Waals surface area contributed by atoms with Crippen LogP contribution in [0.5, 0.6) is 17.2 Å². The SMILES string of the molecule is CNC(C(=O)Nc1ccc(N)c(C=N)c1)c1ccc(Oc2cccc(OC)c2)cc1. The van der Waals surface area contributed by atoms with Crippen molar-refractivity contribution in [2.45, 2.75) is 6.04 Å². The summed E-state index contributed by atoms with van der Waals surface area (Å²) in [4.78, 5) is 12.8. The second kappa shape index (κ2) is 9.58. The minimum Gasteiger partial charge on any atom is -0.497 e. The first-order valence-electron chi connectivity index (χ1n) is 9.34. The second-order valence-corrected chi connectivity index (χ2v) is 6.55. The fourth-order valence-corrected chi connectivity index (χ4v) is 2.97. The molecule has 0 aliphatic carbocycles. The summed E-state index contributed by atoms with van der Waals surface area (Å²) in [6.07, 6.45) is 1.15. The van der Waals surface area contributed by atoms with E-state index in [1.807, 2.05) is 42.5 Å². The molecule has 0 aliphatic rings. The van der Waals surface area contributed by atoms with Gasteiger partial charge < -0.3 is 31.3 Å². The van der Waals surface area contributed by atoms with Gasteiger partial charge in [-0.3, -0.25) is 4.79 Å². The lowest BCUT2D eigenvalue weighted by molar-refractivity contribution is -0.118. The minimum absolute atomic E-state index is 0.223. The Morgan fingerprint density at radius 2 is 1.77 bits per heavy atom. The van der Waals surface area contributed by atoms with Crippen molar-refractivity contribution >= 4 is 23.5 Å². The topological polar surface area (TPSA) is 109 Å². The molecule has 3 aromatic rings. The van der Waals surface area contributed by atoms with Crippen LogP contribution in [-0.2, 0) is 4.79 Å². The van der Waals surface area contributed by atoms with Gasteiger partial charge in [-0.1, -0.05) is 18.2 Å². The highest BCUT2D eigenvalue weighted by atomic mass is 16.5. The molecule has 7 nitrogen and oxygen atoms in total. The number of hydrogen-bond donors (Lipinski definition) is 4. The first-order valence-corrected chi connectivity index (χ1v) is 9.34. The van der Waals surface area contributed by atoms with Crippen molar-refractivity contribution in [2.24, 2.45) is 0 Å². The Kier molecular flexibility index (Phi) is 6.67. The molecular weight excluding hydrogens is 380 g/mol. The van der Waals surface area contributed by atoms with Crippen molar-refractivity contribution in [3.8, 4) is 17.2 Å². The van der Waals surface area contributed by atoms with Gasteiger partial charge in [0.2, 0.25) is 5.91 Å². The van der Waals surface area contributed by atoms with Crippen LogP contribution in [-0.4, -0.2) is 26.3 Å². The van der Waals surface area contributed by atoms with Crippen LogP contribution in [0.3, 0.4) is 0 Å². The van der Waals surface area contributed by atoms with E-state index < -0.39 is 6.04 Å². The Morgan fingerprint density at radius 3 is 2.43 bits per heavy atom. The normalized spacial score (nSPS) is 11.4. The number of benzene rings is 3. The van der Waals surface area contributed by atoms with Gasteiger partial charge >= 0.3 is 0 Å². The van der Waals surface area contributed by atoms with Gasteiger partial charge in [0.1, 0.15) is 23.3 Å². The van der Waals surface area contributed by atoms with Gasteiger partial charge in [0, 0.05) is 29.2 Å². The lowest BCUT2D eigenvalue weighted by Crippen LogP contribution is -2.30. The number of nitrogens with two attached hydrogens (primary N) is 1. The highest BCUT2D eigenvalue weighted by Crippen LogP contribution is 2.27. The Hall–Kier alpha value is -3.84. The van der Waals surface area contributed by atoms with E-state index in [2.05, 4.69) is 10.6 Å². The van der Waals surface area contributed by atoms with E-state index in [0.29, 0.717) is 34.2 Å². The van der Waals surface area contributed by atoms with Crippen LogP contribution in [0.2, 0.25) is 0 Å². The fourth-order valence-electron chi connectivity index (χ4n) is 2.97. The first-order chi connectivity index (χ1) is 14.5. The molecule has 0 fully saturated rings. The Morgan fingerprint density at radius 1 is 1.03 bits per heavy atom. The molecule has 1 amide bonds. The molecule has 154 valence electrons. The zero-order valence-electron chi connectivity index (χ0n) is 16.8. The van der Waals surface area contributed by atoms with E-state index in [9.17, 15) is 4.79 Å². The van der Waals surface area contributed by atoms with Crippen LogP contribution in [0.4, 0.5) is 11.4 Å². The lowest BCUT2D eigenvalue weighted by atomic mass is 10.1. The molecule has 0 aliphatic heterocycles. The number of rotatable bonds is 8. The van der Waals surface area contributed by atoms with E-state index in [1.54, 1.807) is 38.4 Å². The summed E-state index contributed by atoms with van der Waals surface area (Å²) in [5, 5.41) is 13.3. The molecule has 30 heavy (non-hydrogen) atoms. The average molecular weight is 404 g/mol. The molecule has 7 heteroatoms. The van der Waals surface area contributed by atoms with Gasteiger partial charge in [0.25, 0.3) is 0 Å². The van der Waals surface area contributed by atoms with Crippen LogP contribution in [0.1, 0.15) is 17.2 Å². The molecule has 0 saturated carbocycles. The van der Waals surface area contributed by atoms with Crippen molar-refractivity contribution in [1.29, 1.82) is 5.41 Å². The third-order valence-electron chi connectivity index (χ3n) is 4.55. The smallest absolute Gasteiger partial charge is 0.246 e. The molecule has 3 aromatic carbocycles. The average Bonchev–Trinajstić information content (AvgIpc) is 2.77. The molecule has 0 bridgehead atoms. The standard InChI is InChI=1S/C23H24N4O3/c1-26-22(23(28)27-17-8-11-21(25)16(12-17)14-24)15-6-9-18(10-7-15)30-20-5-3-4-19(13-20)29-2/h3-14,22,24,26H,25H2,1-2H3,(H,27,28). The summed E-state index contributed by atoms with van der Waals surface area (Å²) in [5.41, 5.74) is 8.20. The number of carbonyl (C=O) groups is 1. The fraction of sp³-hybridized carbons (Fsp3) is 0.130. The van der Waals surface area contributed by atoms with Crippen molar-refractivity contribution in [3.63, 3.8) is 0 Å². The number of carbonyl (C=O) groups excluding carboxylic acids is 1. The zero-order valence-corrected chi connectivity index (χ0v) is 16.8. The number of likely N-dealkylation sites (N-methyl/N-ethyl adjacent to an activating group) is 1. The van der Waals surface area contributed by atoms with E-state index >= 15 is 0 Å². The van der Waals surface area contributed by atoms with Gasteiger partial charge in [-0.05, 0) is 55.1 Å². The number of methoxy groups -OCH3 is 1. The van der Waals surface area contributed by atoms with Crippen LogP contribution in [0, 0.1) is 5.41 Å². The summed E-state index contributed by atoms with van der Waals surface area (Å²) in [6.45, 7) is 0. The predicted molar refractivity (Wildman–Crippen MR) is 119 cm³/mol. The third-order valence-corrected chi connectivity index (χ3v) is 4.55. The van der Waals surface area contributed by atoms with Gasteiger partial charge in [0.05, 0.1) is 7.11 Å². The molecule has 0 spiro atoms. The van der Waals surface area contributed by atoms with Crippen molar-refractivity contribution in [2.75, 3.05) is 25.2 Å². The molecule has 0 aromatic heterocycles. The third kappa shape index (κ3) is 4.95. The number of amides is 1. The van der Waals surface area contributed by atoms with Crippen LogP contribution in [0.15, 0.2) is 66.7 Å². The largest absolute Gasteiger partial charge is 0.497 e. The molecule has 0 radical (unpaired) electrons. The maximum absolute atomic E-state index is 12.8. The van der Waals surface area contributed by atoms with Gasteiger partial charge in [-0.25, -0.2) is 0 Å². The second-order valence-electron chi connectivity index (χ2n) is 6.55. The van der Waals surface area contributed by atoms with E-state index in [1.165, 1.54) is 0 Å². The van der Waals surface area contributed by atoms with Gasteiger partial charge in [0.15, 0.2) is 0 Å². The highest BCUT2D eigenvalue weighted by Gasteiger charge is 2.19. The molecule has 0 heterocycles. The minimum atomic E-state index is -0.558. The van der Waals surface area contributed by atoms with Crippen LogP contribution < -0.4 is 25.8 Å². The maximum Gasteiger partial charge on any atom is 0.246 e. The van der Waals surface area contributed by atoms with Crippen molar-refractivity contribution in [1.82, 2.24) is 5.32 Å². The summed E-state index contributed by atoms with van der Waals surface area (Å²) in [5.74, 6) is 1.80. The number of ether oxygens (including phenoxy) is 2. The maximum atomic E-state index is 12.8. The number of nitrogens with one attached hydrogen (secondary N) is 3. The quantitative estimate of drug-likeness (QED) is 0.336. The number of nitrogen functional groups attached to an aromatic ring is 1. The highest BCUT2D eigenvalue weighted by molar-refractivity contribution is 5.97. The zero-order chi connectivity index (χ0) is 21.5. The van der Waals surface area contributed by atoms with Gasteiger partial charge in [-0.2, -0.15) is 0 Å². The number of hydrogen-bond acceptors (Lipinski definition) is 6. The van der Waals surface area contributed by atoms with E-state index in [-0.39, 0.29) is 5.91 Å². The molecule has 1 atom stereocenters. The molecule has 0 saturated heterocycles. The van der Waals surface area contributed by atoms with E-state index in [0.717, 1.165) is 11.8 Å². The molecule has 1 unspecified atom stereocenters. The summed E-state index contributed by atoms with van der Waals surface area (Å²) >= 11 is 0. The van der Waals surface area contributed by atoms with Crippen molar-refractivity contribution in [3.05, 3.63) is 77.9 Å². The van der Waals surface area contributed by atoms with Crippen LogP contribution >= 0.6 is 0 Å². The molecule has 3 rings (SSSR count). The predicted octanol–water partition coefficient (Wildman–Crippen LogP) is 3.97. The Bertz CT molecular complexity index is 1030. The first kappa shape index (κ1) is 20.9. The van der Waals surface area contributed by atoms with Crippen molar-refractivity contribution < 1.29 is 14.3 Å². The monoisotopic (exact) mass is 404 g/mol. The molecular formula is C23H24N4O3. The Labute approximate surface area is 175 Å². The number of anilines is 2. The summed E-state index contributed by atoms with van der Waals surface area (Å²) in [6, 6.07) is 19.1. The summed E-state index contributed by atoms with van der Waals surface area (Å²) in [7, 11) is 3.32. The van der Waals surface area contributed by atoms with E-state index in [4.69, 9.17) is 20.6 Å². The summed E-state index contributed by atoms with van der Waals surface area (Å²) < 4.78 is 11.0. The Balaban J connectivity index is 1.71.